The number of hydrogen-bond acceptors (Lipinski definition) is 2. The summed E-state index contributed by atoms with van der Waals surface area (Å²) >= 11 is 0. The third-order valence-electron chi connectivity index (χ3n) is 2.86. The standard InChI is InChI=1S/C8H11NO3/c10-6-2-1-5-3-4-9(7(5)6)8(11)12/h5,7H,1-4H2,(H,11,12)/t5-,7+/m1/s1. The first kappa shape index (κ1) is 7.58. The molecule has 1 heterocycles. The Balaban J connectivity index is 2.19. The van der Waals surface area contributed by atoms with Crippen molar-refractivity contribution in [2.75, 3.05) is 6.54 Å². The molecule has 2 fully saturated rings. The van der Waals surface area contributed by atoms with Crippen LogP contribution in [-0.4, -0.2) is 34.5 Å². The highest BCUT2D eigenvalue weighted by Gasteiger charge is 2.45. The van der Waals surface area contributed by atoms with Gasteiger partial charge in [0.05, 0.1) is 6.04 Å². The van der Waals surface area contributed by atoms with Gasteiger partial charge in [0.25, 0.3) is 0 Å². The Bertz CT molecular complexity index is 238. The second kappa shape index (κ2) is 2.47. The number of likely N-dealkylation sites (tertiary alicyclic amines) is 1. The van der Waals surface area contributed by atoms with Gasteiger partial charge in [0.15, 0.2) is 5.78 Å². The highest BCUT2D eigenvalue weighted by molar-refractivity contribution is 5.89. The maximum absolute atomic E-state index is 11.3. The van der Waals surface area contributed by atoms with Crippen molar-refractivity contribution >= 4 is 11.9 Å². The van der Waals surface area contributed by atoms with Crippen molar-refractivity contribution in [1.82, 2.24) is 4.90 Å². The maximum Gasteiger partial charge on any atom is 0.407 e. The molecule has 1 aliphatic heterocycles. The molecule has 12 heavy (non-hydrogen) atoms. The zero-order chi connectivity index (χ0) is 8.72. The van der Waals surface area contributed by atoms with Crippen LogP contribution in [0.25, 0.3) is 0 Å². The molecule has 1 aliphatic carbocycles. The summed E-state index contributed by atoms with van der Waals surface area (Å²) in [5.74, 6) is 0.425. The summed E-state index contributed by atoms with van der Waals surface area (Å²) in [6.07, 6.45) is 1.37. The minimum absolute atomic E-state index is 0.111. The van der Waals surface area contributed by atoms with Gasteiger partial charge in [-0.15, -0.1) is 0 Å². The summed E-state index contributed by atoms with van der Waals surface area (Å²) in [4.78, 5) is 23.2. The van der Waals surface area contributed by atoms with E-state index in [0.29, 0.717) is 18.9 Å². The SMILES string of the molecule is O=C1CC[C@@H]2CCN(C(=O)O)[C@H]12. The summed E-state index contributed by atoms with van der Waals surface area (Å²) in [5, 5.41) is 8.75. The van der Waals surface area contributed by atoms with Gasteiger partial charge in [-0.25, -0.2) is 4.79 Å². The fourth-order valence-electron chi connectivity index (χ4n) is 2.29. The monoisotopic (exact) mass is 169 g/mol. The quantitative estimate of drug-likeness (QED) is 0.581. The molecule has 66 valence electrons. The molecule has 0 bridgehead atoms. The van der Waals surface area contributed by atoms with Crippen molar-refractivity contribution < 1.29 is 14.7 Å². The highest BCUT2D eigenvalue weighted by Crippen LogP contribution is 2.35. The molecule has 2 rings (SSSR count). The number of carboxylic acid groups (broad SMARTS) is 1. The number of amides is 1. The summed E-state index contributed by atoms with van der Waals surface area (Å²) < 4.78 is 0. The molecule has 1 saturated heterocycles. The Morgan fingerprint density at radius 1 is 1.50 bits per heavy atom. The fourth-order valence-corrected chi connectivity index (χ4v) is 2.29. The molecule has 2 atom stereocenters. The van der Waals surface area contributed by atoms with E-state index in [9.17, 15) is 9.59 Å². The largest absolute Gasteiger partial charge is 0.465 e. The molecule has 0 radical (unpaired) electrons. The van der Waals surface area contributed by atoms with Gasteiger partial charge in [-0.3, -0.25) is 9.69 Å². The van der Waals surface area contributed by atoms with Crippen LogP contribution in [0.3, 0.4) is 0 Å². The van der Waals surface area contributed by atoms with E-state index in [0.717, 1.165) is 12.8 Å². The van der Waals surface area contributed by atoms with Crippen LogP contribution >= 0.6 is 0 Å². The van der Waals surface area contributed by atoms with Crippen molar-refractivity contribution in [2.45, 2.75) is 25.3 Å². The van der Waals surface area contributed by atoms with Crippen LogP contribution < -0.4 is 0 Å². The second-order valence-corrected chi connectivity index (χ2v) is 3.47. The Morgan fingerprint density at radius 3 is 2.92 bits per heavy atom. The van der Waals surface area contributed by atoms with Crippen molar-refractivity contribution in [3.8, 4) is 0 Å². The van der Waals surface area contributed by atoms with Crippen molar-refractivity contribution in [3.63, 3.8) is 0 Å². The average molecular weight is 169 g/mol. The van der Waals surface area contributed by atoms with Crippen LogP contribution in [0.15, 0.2) is 0 Å². The van der Waals surface area contributed by atoms with E-state index in [2.05, 4.69) is 0 Å². The third kappa shape index (κ3) is 0.906. The van der Waals surface area contributed by atoms with Crippen LogP contribution in [0.1, 0.15) is 19.3 Å². The first-order valence-electron chi connectivity index (χ1n) is 4.22. The first-order valence-corrected chi connectivity index (χ1v) is 4.22. The smallest absolute Gasteiger partial charge is 0.407 e. The summed E-state index contributed by atoms with van der Waals surface area (Å²) in [6.45, 7) is 0.538. The van der Waals surface area contributed by atoms with Crippen molar-refractivity contribution in [3.05, 3.63) is 0 Å². The van der Waals surface area contributed by atoms with Crippen LogP contribution in [0.5, 0.6) is 0 Å². The average Bonchev–Trinajstić information content (AvgIpc) is 2.53. The molecule has 0 aromatic carbocycles. The van der Waals surface area contributed by atoms with Gasteiger partial charge >= 0.3 is 6.09 Å². The van der Waals surface area contributed by atoms with E-state index in [1.807, 2.05) is 0 Å². The Hall–Kier alpha value is -1.06. The minimum Gasteiger partial charge on any atom is -0.465 e. The lowest BCUT2D eigenvalue weighted by atomic mass is 10.0. The Kier molecular flexibility index (Phi) is 1.56. The predicted molar refractivity (Wildman–Crippen MR) is 40.9 cm³/mol. The van der Waals surface area contributed by atoms with E-state index in [-0.39, 0.29) is 11.8 Å². The van der Waals surface area contributed by atoms with E-state index < -0.39 is 6.09 Å². The number of carbonyl (C=O) groups excluding carboxylic acids is 1. The van der Waals surface area contributed by atoms with Gasteiger partial charge < -0.3 is 5.11 Å². The maximum atomic E-state index is 11.3. The van der Waals surface area contributed by atoms with Crippen molar-refractivity contribution in [1.29, 1.82) is 0 Å². The lowest BCUT2D eigenvalue weighted by molar-refractivity contribution is -0.121. The number of hydrogen-bond donors (Lipinski definition) is 1. The number of carbonyl (C=O) groups is 2. The van der Waals surface area contributed by atoms with Gasteiger partial charge in [-0.05, 0) is 18.8 Å². The third-order valence-corrected chi connectivity index (χ3v) is 2.86. The normalized spacial score (nSPS) is 34.0. The molecule has 1 N–H and O–H groups in total. The summed E-state index contributed by atoms with van der Waals surface area (Å²) in [5.41, 5.74) is 0. The Morgan fingerprint density at radius 2 is 2.25 bits per heavy atom. The summed E-state index contributed by atoms with van der Waals surface area (Å²) in [6, 6.07) is -0.303. The van der Waals surface area contributed by atoms with Gasteiger partial charge in [0.1, 0.15) is 0 Å². The van der Waals surface area contributed by atoms with E-state index in [4.69, 9.17) is 5.11 Å². The van der Waals surface area contributed by atoms with Crippen LogP contribution in [0.2, 0.25) is 0 Å². The van der Waals surface area contributed by atoms with Gasteiger partial charge in [0.2, 0.25) is 0 Å². The first-order chi connectivity index (χ1) is 5.70. The lowest BCUT2D eigenvalue weighted by Crippen LogP contribution is -2.39. The summed E-state index contributed by atoms with van der Waals surface area (Å²) in [7, 11) is 0. The predicted octanol–water partition coefficient (Wildman–Crippen LogP) is 0.718. The molecule has 0 aromatic heterocycles. The van der Waals surface area contributed by atoms with Gasteiger partial charge in [-0.1, -0.05) is 0 Å². The molecule has 0 aromatic rings. The molecule has 1 amide bonds. The molecule has 0 unspecified atom stereocenters. The van der Waals surface area contributed by atoms with Gasteiger partial charge in [-0.2, -0.15) is 0 Å². The zero-order valence-corrected chi connectivity index (χ0v) is 6.69. The van der Waals surface area contributed by atoms with E-state index >= 15 is 0 Å². The molecular weight excluding hydrogens is 158 g/mol. The number of nitrogens with zero attached hydrogens (tertiary/aromatic N) is 1. The van der Waals surface area contributed by atoms with Crippen LogP contribution in [0, 0.1) is 5.92 Å². The molecular formula is C8H11NO3. The van der Waals surface area contributed by atoms with E-state index in [1.54, 1.807) is 0 Å². The van der Waals surface area contributed by atoms with Crippen LogP contribution in [0.4, 0.5) is 4.79 Å². The topological polar surface area (TPSA) is 57.6 Å². The second-order valence-electron chi connectivity index (χ2n) is 3.47. The number of rotatable bonds is 0. The van der Waals surface area contributed by atoms with Crippen LogP contribution in [-0.2, 0) is 4.79 Å². The molecule has 2 aliphatic rings. The number of ketones is 1. The van der Waals surface area contributed by atoms with Crippen molar-refractivity contribution in [2.24, 2.45) is 5.92 Å². The zero-order valence-electron chi connectivity index (χ0n) is 6.69. The van der Waals surface area contributed by atoms with E-state index in [1.165, 1.54) is 4.90 Å². The number of Topliss-reactive ketones (excluding diaryl/α,β-unsaturated/α-hetero) is 1. The lowest BCUT2D eigenvalue weighted by Gasteiger charge is -2.18. The highest BCUT2D eigenvalue weighted by atomic mass is 16.4. The minimum atomic E-state index is -0.947. The molecule has 1 saturated carbocycles. The fraction of sp³-hybridized carbons (Fsp3) is 0.750. The van der Waals surface area contributed by atoms with Gasteiger partial charge in [0, 0.05) is 13.0 Å². The number of fused-ring (bicyclic) bond motifs is 1. The molecule has 4 nitrogen and oxygen atoms in total. The Labute approximate surface area is 70.2 Å². The molecule has 4 heteroatoms. The molecule has 0 spiro atoms.